The molecule has 6 heteroatoms. The van der Waals surface area contributed by atoms with E-state index in [1.54, 1.807) is 0 Å². The van der Waals surface area contributed by atoms with Crippen LogP contribution < -0.4 is 5.32 Å². The van der Waals surface area contributed by atoms with Gasteiger partial charge in [-0.2, -0.15) is 0 Å². The maximum absolute atomic E-state index is 12.6. The molecule has 2 aliphatic carbocycles. The van der Waals surface area contributed by atoms with E-state index in [1.807, 2.05) is 18.2 Å². The molecule has 1 saturated heterocycles. The van der Waals surface area contributed by atoms with Crippen molar-refractivity contribution in [1.29, 1.82) is 0 Å². The van der Waals surface area contributed by atoms with E-state index in [9.17, 15) is 14.4 Å². The lowest BCUT2D eigenvalue weighted by Gasteiger charge is -2.31. The molecule has 0 bridgehead atoms. The Balaban J connectivity index is 1.32. The molecule has 31 heavy (non-hydrogen) atoms. The molecule has 2 saturated carbocycles. The van der Waals surface area contributed by atoms with E-state index in [2.05, 4.69) is 23.3 Å². The van der Waals surface area contributed by atoms with Crippen LogP contribution in [-0.4, -0.2) is 47.2 Å². The Kier molecular flexibility index (Phi) is 7.06. The molecule has 2 atom stereocenters. The average Bonchev–Trinajstić information content (AvgIpc) is 3.04. The largest absolute Gasteiger partial charge is 0.350 e. The fraction of sp³-hybridized carbons (Fsp3) is 0.640. The zero-order valence-electron chi connectivity index (χ0n) is 18.6. The van der Waals surface area contributed by atoms with E-state index in [1.165, 1.54) is 42.6 Å². The van der Waals surface area contributed by atoms with Gasteiger partial charge in [-0.05, 0) is 43.9 Å². The second-order valence-corrected chi connectivity index (χ2v) is 9.51. The molecule has 1 aromatic rings. The third-order valence-corrected chi connectivity index (χ3v) is 7.45. The summed E-state index contributed by atoms with van der Waals surface area (Å²) in [6.07, 6.45) is 10.0. The number of nitrogens with one attached hydrogen (secondary N) is 1. The van der Waals surface area contributed by atoms with E-state index in [0.717, 1.165) is 37.8 Å². The van der Waals surface area contributed by atoms with Crippen LogP contribution in [0.15, 0.2) is 24.3 Å². The van der Waals surface area contributed by atoms with Crippen LogP contribution in [0.1, 0.15) is 68.9 Å². The van der Waals surface area contributed by atoms with Crippen molar-refractivity contribution >= 4 is 17.7 Å². The Morgan fingerprint density at radius 1 is 0.935 bits per heavy atom. The van der Waals surface area contributed by atoms with E-state index in [0.29, 0.717) is 12.6 Å². The zero-order valence-corrected chi connectivity index (χ0v) is 18.6. The Bertz CT molecular complexity index is 794. The molecule has 3 aliphatic rings. The monoisotopic (exact) mass is 425 g/mol. The molecule has 1 aromatic carbocycles. The topological polar surface area (TPSA) is 69.7 Å². The summed E-state index contributed by atoms with van der Waals surface area (Å²) < 4.78 is 0. The molecule has 0 aromatic heterocycles. The molecule has 0 radical (unpaired) electrons. The fourth-order valence-corrected chi connectivity index (χ4v) is 5.58. The van der Waals surface area contributed by atoms with Gasteiger partial charge in [-0.15, -0.1) is 0 Å². The first-order chi connectivity index (χ1) is 15.0. The van der Waals surface area contributed by atoms with Crippen molar-refractivity contribution in [1.82, 2.24) is 15.1 Å². The van der Waals surface area contributed by atoms with Crippen molar-refractivity contribution in [3.05, 3.63) is 35.4 Å². The number of carbonyl (C=O) groups is 3. The summed E-state index contributed by atoms with van der Waals surface area (Å²) in [5.74, 6) is -0.982. The van der Waals surface area contributed by atoms with Crippen LogP contribution in [-0.2, 0) is 27.5 Å². The number of benzene rings is 1. The number of nitrogens with zero attached hydrogens (tertiary/aromatic N) is 2. The summed E-state index contributed by atoms with van der Waals surface area (Å²) in [4.78, 5) is 41.4. The molecule has 2 unspecified atom stereocenters. The number of hydrogen-bond acceptors (Lipinski definition) is 4. The van der Waals surface area contributed by atoms with Crippen LogP contribution >= 0.6 is 0 Å². The average molecular weight is 426 g/mol. The Hall–Kier alpha value is -2.21. The first-order valence-corrected chi connectivity index (χ1v) is 11.9. The highest BCUT2D eigenvalue weighted by Gasteiger charge is 2.48. The van der Waals surface area contributed by atoms with Gasteiger partial charge in [-0.25, -0.2) is 0 Å². The van der Waals surface area contributed by atoms with E-state index >= 15 is 0 Å². The van der Waals surface area contributed by atoms with Gasteiger partial charge in [0.1, 0.15) is 6.54 Å². The molecule has 0 spiro atoms. The summed E-state index contributed by atoms with van der Waals surface area (Å²) >= 11 is 0. The highest BCUT2D eigenvalue weighted by atomic mass is 16.2. The molecule has 4 rings (SSSR count). The van der Waals surface area contributed by atoms with Gasteiger partial charge in [0.25, 0.3) is 0 Å². The molecule has 6 nitrogen and oxygen atoms in total. The fourth-order valence-electron chi connectivity index (χ4n) is 5.58. The molecular formula is C25H35N3O3. The van der Waals surface area contributed by atoms with Crippen LogP contribution in [0.2, 0.25) is 0 Å². The minimum atomic E-state index is -0.268. The van der Waals surface area contributed by atoms with Crippen LogP contribution in [0.3, 0.4) is 0 Å². The number of hydrogen-bond donors (Lipinski definition) is 1. The first-order valence-electron chi connectivity index (χ1n) is 11.9. The van der Waals surface area contributed by atoms with Gasteiger partial charge in [0, 0.05) is 19.1 Å². The summed E-state index contributed by atoms with van der Waals surface area (Å²) in [5, 5.41) is 2.94. The third-order valence-electron chi connectivity index (χ3n) is 7.45. The van der Waals surface area contributed by atoms with E-state index in [-0.39, 0.29) is 36.1 Å². The molecular weight excluding hydrogens is 390 g/mol. The highest BCUT2D eigenvalue weighted by Crippen LogP contribution is 2.37. The van der Waals surface area contributed by atoms with Gasteiger partial charge in [-0.3, -0.25) is 24.2 Å². The van der Waals surface area contributed by atoms with Gasteiger partial charge < -0.3 is 5.32 Å². The van der Waals surface area contributed by atoms with Crippen LogP contribution in [0.5, 0.6) is 0 Å². The first kappa shape index (κ1) is 22.0. The summed E-state index contributed by atoms with van der Waals surface area (Å²) in [7, 11) is 2.19. The van der Waals surface area contributed by atoms with Crippen molar-refractivity contribution in [2.45, 2.75) is 76.9 Å². The Morgan fingerprint density at radius 3 is 2.16 bits per heavy atom. The maximum atomic E-state index is 12.6. The standard InChI is InChI=1S/C25H35N3O3/c1-27(20-11-3-2-4-12-20)16-19-10-6-5-9-18(19)15-26-23(29)17-28-24(30)21-13-7-8-14-22(21)25(28)31/h5-6,9-10,20-22H,2-4,7-8,11-17H2,1H3,(H,26,29). The van der Waals surface area contributed by atoms with E-state index < -0.39 is 0 Å². The van der Waals surface area contributed by atoms with Crippen LogP contribution in [0, 0.1) is 11.8 Å². The van der Waals surface area contributed by atoms with Crippen molar-refractivity contribution in [2.75, 3.05) is 13.6 Å². The zero-order chi connectivity index (χ0) is 21.8. The molecule has 1 heterocycles. The van der Waals surface area contributed by atoms with Crippen LogP contribution in [0.25, 0.3) is 0 Å². The van der Waals surface area contributed by atoms with Gasteiger partial charge in [-0.1, -0.05) is 56.4 Å². The number of fused-ring (bicyclic) bond motifs is 1. The second-order valence-electron chi connectivity index (χ2n) is 9.51. The van der Waals surface area contributed by atoms with Gasteiger partial charge in [0.05, 0.1) is 11.8 Å². The number of imide groups is 1. The molecule has 1 aliphatic heterocycles. The highest BCUT2D eigenvalue weighted by molar-refractivity contribution is 6.07. The second kappa shape index (κ2) is 9.94. The van der Waals surface area contributed by atoms with E-state index in [4.69, 9.17) is 0 Å². The van der Waals surface area contributed by atoms with Gasteiger partial charge in [0.2, 0.25) is 17.7 Å². The molecule has 168 valence electrons. The minimum Gasteiger partial charge on any atom is -0.350 e. The SMILES string of the molecule is CN(Cc1ccccc1CNC(=O)CN1C(=O)C2CCCCC2C1=O)C1CCCCC1. The molecule has 3 fully saturated rings. The van der Waals surface area contributed by atoms with Crippen LogP contribution in [0.4, 0.5) is 0 Å². The lowest BCUT2D eigenvalue weighted by Crippen LogP contribution is -2.41. The summed E-state index contributed by atoms with van der Waals surface area (Å²) in [5.41, 5.74) is 2.31. The summed E-state index contributed by atoms with van der Waals surface area (Å²) in [6, 6.07) is 8.83. The maximum Gasteiger partial charge on any atom is 0.240 e. The smallest absolute Gasteiger partial charge is 0.240 e. The number of amides is 3. The normalized spacial score (nSPS) is 24.5. The summed E-state index contributed by atoms with van der Waals surface area (Å²) in [6.45, 7) is 1.12. The van der Waals surface area contributed by atoms with Crippen molar-refractivity contribution in [3.63, 3.8) is 0 Å². The van der Waals surface area contributed by atoms with Gasteiger partial charge in [0.15, 0.2) is 0 Å². The lowest BCUT2D eigenvalue weighted by atomic mass is 9.81. The van der Waals surface area contributed by atoms with Crippen molar-refractivity contribution in [3.8, 4) is 0 Å². The number of carbonyl (C=O) groups excluding carboxylic acids is 3. The predicted octanol–water partition coefficient (Wildman–Crippen LogP) is 3.24. The van der Waals surface area contributed by atoms with Gasteiger partial charge >= 0.3 is 0 Å². The Labute approximate surface area is 185 Å². The quantitative estimate of drug-likeness (QED) is 0.681. The van der Waals surface area contributed by atoms with Crippen molar-refractivity contribution in [2.24, 2.45) is 11.8 Å². The minimum absolute atomic E-state index is 0.153. The van der Waals surface area contributed by atoms with Crippen molar-refractivity contribution < 1.29 is 14.4 Å². The number of rotatable bonds is 7. The lowest BCUT2D eigenvalue weighted by molar-refractivity contribution is -0.143. The third kappa shape index (κ3) is 5.00. The molecule has 3 amide bonds. The number of likely N-dealkylation sites (tertiary alicyclic amines) is 1. The predicted molar refractivity (Wildman–Crippen MR) is 119 cm³/mol. The Morgan fingerprint density at radius 2 is 1.52 bits per heavy atom. The molecule has 1 N–H and O–H groups in total.